The van der Waals surface area contributed by atoms with Gasteiger partial charge < -0.3 is 0 Å². The molecule has 0 aliphatic heterocycles. The summed E-state index contributed by atoms with van der Waals surface area (Å²) < 4.78 is 1.92. The van der Waals surface area contributed by atoms with E-state index in [2.05, 4.69) is 29.3 Å². The molecule has 0 radical (unpaired) electrons. The number of fused-ring (bicyclic) bond motifs is 4. The average molecular weight is 339 g/mol. The number of carbonyl (C=O) groups excluding carboxylic acids is 1. The Morgan fingerprint density at radius 3 is 2.65 bits per heavy atom. The first-order valence-corrected chi connectivity index (χ1v) is 8.81. The van der Waals surface area contributed by atoms with E-state index in [1.165, 1.54) is 0 Å². The molecule has 1 aliphatic rings. The van der Waals surface area contributed by atoms with E-state index < -0.39 is 0 Å². The van der Waals surface area contributed by atoms with Crippen molar-refractivity contribution in [3.05, 3.63) is 83.7 Å². The fourth-order valence-electron chi connectivity index (χ4n) is 3.63. The summed E-state index contributed by atoms with van der Waals surface area (Å²) in [7, 11) is 0. The molecule has 1 unspecified atom stereocenters. The number of aromatic nitrogens is 3. The summed E-state index contributed by atoms with van der Waals surface area (Å²) in [5.41, 5.74) is 4.61. The topological polar surface area (TPSA) is 47.3 Å². The van der Waals surface area contributed by atoms with Crippen molar-refractivity contribution in [1.29, 1.82) is 0 Å². The SMILES string of the molecule is O=C1CC(/C=C/c2ccccc2)Cc2nc3nc4ccccc4n3cc21. The maximum atomic E-state index is 12.7. The van der Waals surface area contributed by atoms with Gasteiger partial charge in [0.15, 0.2) is 5.78 Å². The van der Waals surface area contributed by atoms with Crippen LogP contribution < -0.4 is 0 Å². The zero-order chi connectivity index (χ0) is 17.5. The third-order valence-corrected chi connectivity index (χ3v) is 4.95. The Bertz CT molecular complexity index is 1160. The predicted octanol–water partition coefficient (Wildman–Crippen LogP) is 4.34. The molecule has 0 amide bonds. The molecule has 0 saturated carbocycles. The van der Waals surface area contributed by atoms with Gasteiger partial charge in [-0.2, -0.15) is 0 Å². The summed E-state index contributed by atoms with van der Waals surface area (Å²) in [6, 6.07) is 18.1. The standard InChI is InChI=1S/C22H17N3O/c26-21-13-16(11-10-15-6-2-1-3-7-15)12-19-17(21)14-25-20-9-5-4-8-18(20)23-22(25)24-19/h1-11,14,16H,12-13H2/b11-10+. The number of hydrogen-bond acceptors (Lipinski definition) is 3. The van der Waals surface area contributed by atoms with Gasteiger partial charge in [-0.05, 0) is 30.0 Å². The lowest BCUT2D eigenvalue weighted by molar-refractivity contribution is 0.0957. The molecule has 2 heterocycles. The number of imidazole rings is 1. The van der Waals surface area contributed by atoms with Crippen LogP contribution in [0.25, 0.3) is 22.9 Å². The first kappa shape index (κ1) is 15.0. The Hall–Kier alpha value is -3.27. The normalized spacial score (nSPS) is 17.2. The van der Waals surface area contributed by atoms with Crippen LogP contribution in [0, 0.1) is 5.92 Å². The van der Waals surface area contributed by atoms with Crippen LogP contribution in [0.5, 0.6) is 0 Å². The fraction of sp³-hybridized carbons (Fsp3) is 0.136. The van der Waals surface area contributed by atoms with E-state index in [-0.39, 0.29) is 11.7 Å². The summed E-state index contributed by atoms with van der Waals surface area (Å²) in [5, 5.41) is 0. The van der Waals surface area contributed by atoms with Crippen LogP contribution in [0.15, 0.2) is 66.9 Å². The summed E-state index contributed by atoms with van der Waals surface area (Å²) in [4.78, 5) is 22.0. The van der Waals surface area contributed by atoms with Gasteiger partial charge in [-0.3, -0.25) is 9.20 Å². The minimum Gasteiger partial charge on any atom is -0.294 e. The highest BCUT2D eigenvalue weighted by atomic mass is 16.1. The van der Waals surface area contributed by atoms with E-state index in [9.17, 15) is 4.79 Å². The van der Waals surface area contributed by atoms with Gasteiger partial charge >= 0.3 is 0 Å². The van der Waals surface area contributed by atoms with E-state index in [4.69, 9.17) is 4.98 Å². The quantitative estimate of drug-likeness (QED) is 0.546. The summed E-state index contributed by atoms with van der Waals surface area (Å²) in [6.45, 7) is 0. The molecular weight excluding hydrogens is 322 g/mol. The second kappa shape index (κ2) is 5.92. The molecule has 0 spiro atoms. The Morgan fingerprint density at radius 2 is 1.77 bits per heavy atom. The molecule has 0 N–H and O–H groups in total. The largest absolute Gasteiger partial charge is 0.294 e. The molecule has 2 aromatic carbocycles. The highest BCUT2D eigenvalue weighted by Gasteiger charge is 2.26. The second-order valence-corrected chi connectivity index (χ2v) is 6.73. The summed E-state index contributed by atoms with van der Waals surface area (Å²) in [5.74, 6) is 0.987. The van der Waals surface area contributed by atoms with Crippen molar-refractivity contribution >= 4 is 28.7 Å². The van der Waals surface area contributed by atoms with Crippen molar-refractivity contribution in [2.75, 3.05) is 0 Å². The first-order valence-electron chi connectivity index (χ1n) is 8.81. The fourth-order valence-corrected chi connectivity index (χ4v) is 3.63. The molecule has 126 valence electrons. The monoisotopic (exact) mass is 339 g/mol. The molecule has 4 nitrogen and oxygen atoms in total. The van der Waals surface area contributed by atoms with Crippen molar-refractivity contribution in [2.24, 2.45) is 5.92 Å². The van der Waals surface area contributed by atoms with Crippen molar-refractivity contribution < 1.29 is 4.79 Å². The van der Waals surface area contributed by atoms with Gasteiger partial charge in [0.25, 0.3) is 0 Å². The van der Waals surface area contributed by atoms with Crippen LogP contribution in [0.2, 0.25) is 0 Å². The Balaban J connectivity index is 1.53. The Morgan fingerprint density at radius 1 is 0.962 bits per heavy atom. The van der Waals surface area contributed by atoms with Crippen LogP contribution in [0.3, 0.4) is 0 Å². The van der Waals surface area contributed by atoms with Crippen molar-refractivity contribution in [3.63, 3.8) is 0 Å². The zero-order valence-corrected chi connectivity index (χ0v) is 14.2. The smallest absolute Gasteiger partial charge is 0.235 e. The van der Waals surface area contributed by atoms with Gasteiger partial charge in [-0.15, -0.1) is 0 Å². The van der Waals surface area contributed by atoms with Crippen LogP contribution in [0.4, 0.5) is 0 Å². The first-order chi connectivity index (χ1) is 12.8. The molecule has 5 rings (SSSR count). The van der Waals surface area contributed by atoms with Gasteiger partial charge in [0.05, 0.1) is 22.3 Å². The van der Waals surface area contributed by atoms with Gasteiger partial charge in [0.1, 0.15) is 0 Å². The van der Waals surface area contributed by atoms with Crippen LogP contribution in [-0.4, -0.2) is 20.2 Å². The molecule has 0 bridgehead atoms. The lowest BCUT2D eigenvalue weighted by atomic mass is 9.86. The number of para-hydroxylation sites is 2. The number of rotatable bonds is 2. The van der Waals surface area contributed by atoms with Gasteiger partial charge in [-0.1, -0.05) is 54.6 Å². The summed E-state index contributed by atoms with van der Waals surface area (Å²) >= 11 is 0. The van der Waals surface area contributed by atoms with E-state index >= 15 is 0 Å². The highest BCUT2D eigenvalue weighted by Crippen LogP contribution is 2.27. The van der Waals surface area contributed by atoms with E-state index in [1.54, 1.807) is 0 Å². The van der Waals surface area contributed by atoms with Crippen molar-refractivity contribution in [3.8, 4) is 0 Å². The maximum Gasteiger partial charge on any atom is 0.235 e. The maximum absolute atomic E-state index is 12.7. The third kappa shape index (κ3) is 2.51. The van der Waals surface area contributed by atoms with Gasteiger partial charge in [0, 0.05) is 12.6 Å². The lowest BCUT2D eigenvalue weighted by Gasteiger charge is -2.20. The number of carbonyl (C=O) groups is 1. The van der Waals surface area contributed by atoms with Crippen molar-refractivity contribution in [1.82, 2.24) is 14.4 Å². The van der Waals surface area contributed by atoms with E-state index in [0.717, 1.165) is 34.3 Å². The second-order valence-electron chi connectivity index (χ2n) is 6.73. The molecule has 0 fully saturated rings. The number of ketones is 1. The Kier molecular flexibility index (Phi) is 3.42. The third-order valence-electron chi connectivity index (χ3n) is 4.95. The minimum atomic E-state index is 0.154. The number of hydrogen-bond donors (Lipinski definition) is 0. The zero-order valence-electron chi connectivity index (χ0n) is 14.2. The van der Waals surface area contributed by atoms with Crippen LogP contribution in [0.1, 0.15) is 28.0 Å². The molecule has 0 saturated heterocycles. The number of benzene rings is 2. The average Bonchev–Trinajstić information content (AvgIpc) is 3.03. The molecule has 26 heavy (non-hydrogen) atoms. The van der Waals surface area contributed by atoms with E-state index in [0.29, 0.717) is 12.2 Å². The van der Waals surface area contributed by atoms with Crippen LogP contribution in [-0.2, 0) is 6.42 Å². The molecule has 1 atom stereocenters. The number of nitrogens with zero attached hydrogens (tertiary/aromatic N) is 3. The molecule has 2 aromatic heterocycles. The molecule has 4 heteroatoms. The van der Waals surface area contributed by atoms with Crippen LogP contribution >= 0.6 is 0 Å². The van der Waals surface area contributed by atoms with Gasteiger partial charge in [0.2, 0.25) is 5.78 Å². The van der Waals surface area contributed by atoms with E-state index in [1.807, 2.05) is 53.1 Å². The minimum absolute atomic E-state index is 0.154. The molecule has 1 aliphatic carbocycles. The number of allylic oxidation sites excluding steroid dienone is 1. The summed E-state index contributed by atoms with van der Waals surface area (Å²) in [6.07, 6.45) is 7.42. The molecule has 4 aromatic rings. The van der Waals surface area contributed by atoms with Gasteiger partial charge in [-0.25, -0.2) is 9.97 Å². The predicted molar refractivity (Wildman–Crippen MR) is 102 cm³/mol. The Labute approximate surface area is 150 Å². The highest BCUT2D eigenvalue weighted by molar-refractivity contribution is 5.98. The number of Topliss-reactive ketones (excluding diaryl/α,β-unsaturated/α-hetero) is 1. The molecular formula is C22H17N3O. The lowest BCUT2D eigenvalue weighted by Crippen LogP contribution is -2.21. The van der Waals surface area contributed by atoms with Crippen molar-refractivity contribution in [2.45, 2.75) is 12.8 Å².